The van der Waals surface area contributed by atoms with Gasteiger partial charge in [-0.15, -0.1) is 0 Å². The van der Waals surface area contributed by atoms with E-state index < -0.39 is 11.2 Å². The summed E-state index contributed by atoms with van der Waals surface area (Å²) >= 11 is 1.78. The number of nitrogens with zero attached hydrogens (tertiary/aromatic N) is 3. The molecule has 1 amide bonds. The lowest BCUT2D eigenvalue weighted by molar-refractivity contribution is 0.0763. The van der Waals surface area contributed by atoms with Gasteiger partial charge in [-0.3, -0.25) is 14.3 Å². The number of carbonyl (C=O) groups is 1. The maximum Gasteiger partial charge on any atom is 0.278 e. The summed E-state index contributed by atoms with van der Waals surface area (Å²) < 4.78 is 15.0. The molecule has 0 atom stereocenters. The molecule has 7 heteroatoms. The van der Waals surface area contributed by atoms with Gasteiger partial charge in [0.2, 0.25) is 5.43 Å². The van der Waals surface area contributed by atoms with Gasteiger partial charge in [0.25, 0.3) is 5.91 Å². The average molecular weight is 321 g/mol. The minimum Gasteiger partial charge on any atom is -0.335 e. The van der Waals surface area contributed by atoms with Crippen LogP contribution in [0.15, 0.2) is 23.0 Å². The number of halogens is 1. The monoisotopic (exact) mass is 321 g/mol. The van der Waals surface area contributed by atoms with E-state index in [2.05, 4.69) is 5.10 Å². The predicted molar refractivity (Wildman–Crippen MR) is 84.9 cm³/mol. The van der Waals surface area contributed by atoms with Crippen molar-refractivity contribution >= 4 is 28.6 Å². The van der Waals surface area contributed by atoms with Crippen molar-refractivity contribution in [1.82, 2.24) is 14.7 Å². The number of rotatable bonds is 2. The summed E-state index contributed by atoms with van der Waals surface area (Å²) in [5, 5.41) is 4.41. The summed E-state index contributed by atoms with van der Waals surface area (Å²) in [7, 11) is 0. The third-order valence-electron chi connectivity index (χ3n) is 3.72. The summed E-state index contributed by atoms with van der Waals surface area (Å²) in [6.45, 7) is 3.58. The zero-order valence-electron chi connectivity index (χ0n) is 12.2. The first-order chi connectivity index (χ1) is 10.6. The van der Waals surface area contributed by atoms with Crippen LogP contribution in [-0.2, 0) is 6.54 Å². The highest BCUT2D eigenvalue weighted by Gasteiger charge is 2.24. The summed E-state index contributed by atoms with van der Waals surface area (Å²) in [5.74, 6) is 0.858. The van der Waals surface area contributed by atoms with Gasteiger partial charge in [-0.1, -0.05) is 0 Å². The van der Waals surface area contributed by atoms with Crippen molar-refractivity contribution in [2.75, 3.05) is 24.6 Å². The SMILES string of the molecule is CCn1nc(C(=O)N2CCSCC2)c(=O)c2cc(F)ccc21. The number of carbonyl (C=O) groups excluding carboxylic acids is 1. The Kier molecular flexibility index (Phi) is 4.15. The lowest BCUT2D eigenvalue weighted by atomic mass is 10.2. The smallest absolute Gasteiger partial charge is 0.278 e. The molecular weight excluding hydrogens is 305 g/mol. The van der Waals surface area contributed by atoms with E-state index >= 15 is 0 Å². The van der Waals surface area contributed by atoms with Gasteiger partial charge in [-0.25, -0.2) is 4.39 Å². The molecule has 1 aromatic heterocycles. The normalized spacial score (nSPS) is 15.3. The maximum atomic E-state index is 13.5. The first kappa shape index (κ1) is 15.0. The van der Waals surface area contributed by atoms with Crippen LogP contribution in [-0.4, -0.2) is 45.2 Å². The molecule has 1 aromatic carbocycles. The Bertz CT molecular complexity index is 784. The minimum absolute atomic E-state index is 0.119. The molecule has 5 nitrogen and oxygen atoms in total. The van der Waals surface area contributed by atoms with Crippen molar-refractivity contribution in [2.45, 2.75) is 13.5 Å². The summed E-state index contributed by atoms with van der Waals surface area (Å²) in [6.07, 6.45) is 0. The number of fused-ring (bicyclic) bond motifs is 1. The molecule has 2 aromatic rings. The Hall–Kier alpha value is -1.89. The van der Waals surface area contributed by atoms with Gasteiger partial charge >= 0.3 is 0 Å². The van der Waals surface area contributed by atoms with E-state index in [0.717, 1.165) is 11.5 Å². The molecule has 1 fully saturated rings. The zero-order chi connectivity index (χ0) is 15.7. The first-order valence-corrected chi connectivity index (χ1v) is 8.34. The number of aryl methyl sites for hydroxylation is 1. The number of aromatic nitrogens is 2. The minimum atomic E-state index is -0.498. The van der Waals surface area contributed by atoms with Crippen LogP contribution in [0, 0.1) is 5.82 Å². The Morgan fingerprint density at radius 3 is 2.77 bits per heavy atom. The highest BCUT2D eigenvalue weighted by atomic mass is 32.2. The molecule has 22 heavy (non-hydrogen) atoms. The van der Waals surface area contributed by atoms with Crippen LogP contribution < -0.4 is 5.43 Å². The largest absolute Gasteiger partial charge is 0.335 e. The van der Waals surface area contributed by atoms with Crippen LogP contribution in [0.5, 0.6) is 0 Å². The summed E-state index contributed by atoms with van der Waals surface area (Å²) in [4.78, 5) is 26.7. The molecule has 3 rings (SSSR count). The van der Waals surface area contributed by atoms with Crippen LogP contribution in [0.2, 0.25) is 0 Å². The molecule has 116 valence electrons. The second-order valence-electron chi connectivity index (χ2n) is 5.06. The molecule has 2 heterocycles. The molecule has 0 spiro atoms. The van der Waals surface area contributed by atoms with Crippen LogP contribution in [0.25, 0.3) is 10.9 Å². The second kappa shape index (κ2) is 6.08. The molecule has 0 aliphatic carbocycles. The van der Waals surface area contributed by atoms with Gasteiger partial charge in [-0.2, -0.15) is 16.9 Å². The fourth-order valence-electron chi connectivity index (χ4n) is 2.56. The predicted octanol–water partition coefficient (Wildman–Crippen LogP) is 1.74. The van der Waals surface area contributed by atoms with E-state index in [-0.39, 0.29) is 17.0 Å². The van der Waals surface area contributed by atoms with Gasteiger partial charge in [0, 0.05) is 31.1 Å². The standard InChI is InChI=1S/C15H16FN3O2S/c1-2-19-12-4-3-10(16)9-11(12)14(20)13(17-19)15(21)18-5-7-22-8-6-18/h3-4,9H,2,5-8H2,1H3. The molecule has 1 aliphatic rings. The molecule has 0 saturated carbocycles. The average Bonchev–Trinajstić information content (AvgIpc) is 2.56. The van der Waals surface area contributed by atoms with Gasteiger partial charge in [0.15, 0.2) is 5.69 Å². The fourth-order valence-corrected chi connectivity index (χ4v) is 3.46. The third-order valence-corrected chi connectivity index (χ3v) is 4.66. The van der Waals surface area contributed by atoms with E-state index in [4.69, 9.17) is 0 Å². The molecule has 0 bridgehead atoms. The molecule has 0 radical (unpaired) electrons. The third kappa shape index (κ3) is 2.61. The highest BCUT2D eigenvalue weighted by molar-refractivity contribution is 7.99. The number of thioether (sulfide) groups is 1. The van der Waals surface area contributed by atoms with Gasteiger partial charge < -0.3 is 4.90 Å². The number of hydrogen-bond donors (Lipinski definition) is 0. The van der Waals surface area contributed by atoms with Gasteiger partial charge in [0.1, 0.15) is 5.82 Å². The Balaban J connectivity index is 2.15. The zero-order valence-corrected chi connectivity index (χ0v) is 13.0. The number of benzene rings is 1. The molecular formula is C15H16FN3O2S. The molecule has 0 unspecified atom stereocenters. The highest BCUT2D eigenvalue weighted by Crippen LogP contribution is 2.15. The lowest BCUT2D eigenvalue weighted by Gasteiger charge is -2.26. The van der Waals surface area contributed by atoms with Gasteiger partial charge in [0.05, 0.1) is 10.9 Å². The quantitative estimate of drug-likeness (QED) is 0.845. The van der Waals surface area contributed by atoms with Crippen molar-refractivity contribution in [3.05, 3.63) is 39.9 Å². The number of hydrogen-bond acceptors (Lipinski definition) is 4. The molecule has 1 saturated heterocycles. The van der Waals surface area contributed by atoms with Crippen molar-refractivity contribution in [3.8, 4) is 0 Å². The van der Waals surface area contributed by atoms with Crippen LogP contribution in [0.3, 0.4) is 0 Å². The summed E-state index contributed by atoms with van der Waals surface area (Å²) in [6, 6.07) is 3.99. The summed E-state index contributed by atoms with van der Waals surface area (Å²) in [5.41, 5.74) is -0.0751. The van der Waals surface area contributed by atoms with E-state index in [0.29, 0.717) is 25.2 Å². The van der Waals surface area contributed by atoms with Crippen LogP contribution in [0.4, 0.5) is 4.39 Å². The Morgan fingerprint density at radius 2 is 2.09 bits per heavy atom. The Morgan fingerprint density at radius 1 is 1.36 bits per heavy atom. The van der Waals surface area contributed by atoms with Crippen molar-refractivity contribution in [1.29, 1.82) is 0 Å². The van der Waals surface area contributed by atoms with Crippen molar-refractivity contribution in [2.24, 2.45) is 0 Å². The van der Waals surface area contributed by atoms with Crippen LogP contribution >= 0.6 is 11.8 Å². The van der Waals surface area contributed by atoms with Crippen molar-refractivity contribution < 1.29 is 9.18 Å². The molecule has 0 N–H and O–H groups in total. The van der Waals surface area contributed by atoms with Crippen molar-refractivity contribution in [3.63, 3.8) is 0 Å². The van der Waals surface area contributed by atoms with E-state index in [1.807, 2.05) is 6.92 Å². The molecule has 1 aliphatic heterocycles. The topological polar surface area (TPSA) is 55.2 Å². The van der Waals surface area contributed by atoms with Crippen LogP contribution in [0.1, 0.15) is 17.4 Å². The van der Waals surface area contributed by atoms with Gasteiger partial charge in [-0.05, 0) is 25.1 Å². The first-order valence-electron chi connectivity index (χ1n) is 7.19. The van der Waals surface area contributed by atoms with E-state index in [1.54, 1.807) is 21.3 Å². The van der Waals surface area contributed by atoms with E-state index in [1.165, 1.54) is 18.2 Å². The van der Waals surface area contributed by atoms with E-state index in [9.17, 15) is 14.0 Å². The maximum absolute atomic E-state index is 13.5. The second-order valence-corrected chi connectivity index (χ2v) is 6.28. The Labute approximate surface area is 131 Å². The fraction of sp³-hybridized carbons (Fsp3) is 0.400. The number of amides is 1. The lowest BCUT2D eigenvalue weighted by Crippen LogP contribution is -2.41.